The number of hydrogen-bond acceptors (Lipinski definition) is 3. The first-order valence-electron chi connectivity index (χ1n) is 4.49. The minimum Gasteiger partial charge on any atom is -0.367 e. The van der Waals surface area contributed by atoms with Crippen LogP contribution in [0.25, 0.3) is 10.9 Å². The quantitative estimate of drug-likeness (QED) is 0.721. The number of hydrogen-bond donors (Lipinski definition) is 1. The Balaban J connectivity index is 2.21. The smallest absolute Gasteiger partial charge is 0.229 e. The average Bonchev–Trinajstić information content (AvgIpc) is 2.93. The van der Waals surface area contributed by atoms with E-state index in [4.69, 9.17) is 10.3 Å². The predicted molar refractivity (Wildman–Crippen MR) is 50.4 cm³/mol. The summed E-state index contributed by atoms with van der Waals surface area (Å²) in [6, 6.07) is 6.19. The lowest BCUT2D eigenvalue weighted by Gasteiger charge is -1.95. The molecular formula is C10H10N2O. The van der Waals surface area contributed by atoms with Crippen molar-refractivity contribution in [3.05, 3.63) is 23.8 Å². The largest absolute Gasteiger partial charge is 0.367 e. The van der Waals surface area contributed by atoms with E-state index < -0.39 is 0 Å². The van der Waals surface area contributed by atoms with Crippen molar-refractivity contribution in [3.63, 3.8) is 0 Å². The van der Waals surface area contributed by atoms with E-state index in [1.165, 1.54) is 18.4 Å². The van der Waals surface area contributed by atoms with Crippen molar-refractivity contribution >= 4 is 16.8 Å². The van der Waals surface area contributed by atoms with E-state index in [1.54, 1.807) is 0 Å². The van der Waals surface area contributed by atoms with Crippen LogP contribution in [0.1, 0.15) is 24.3 Å². The Bertz CT molecular complexity index is 457. The SMILES string of the molecule is Nc1onc2cc(C3CC3)ccc12. The zero-order valence-electron chi connectivity index (χ0n) is 7.16. The Hall–Kier alpha value is -1.51. The van der Waals surface area contributed by atoms with E-state index >= 15 is 0 Å². The normalized spacial score (nSPS) is 16.6. The van der Waals surface area contributed by atoms with E-state index in [0.29, 0.717) is 5.88 Å². The van der Waals surface area contributed by atoms with Crippen LogP contribution in [0.2, 0.25) is 0 Å². The van der Waals surface area contributed by atoms with Gasteiger partial charge < -0.3 is 10.3 Å². The molecule has 1 aromatic heterocycles. The van der Waals surface area contributed by atoms with Crippen LogP contribution in [-0.4, -0.2) is 5.16 Å². The fourth-order valence-corrected chi connectivity index (χ4v) is 1.65. The molecule has 2 N–H and O–H groups in total. The summed E-state index contributed by atoms with van der Waals surface area (Å²) in [5.74, 6) is 1.17. The Morgan fingerprint density at radius 3 is 3.00 bits per heavy atom. The third kappa shape index (κ3) is 1.00. The van der Waals surface area contributed by atoms with Crippen molar-refractivity contribution in [1.29, 1.82) is 0 Å². The van der Waals surface area contributed by atoms with Gasteiger partial charge in [0.25, 0.3) is 0 Å². The van der Waals surface area contributed by atoms with E-state index in [1.807, 2.05) is 6.07 Å². The van der Waals surface area contributed by atoms with E-state index in [2.05, 4.69) is 17.3 Å². The van der Waals surface area contributed by atoms with Crippen molar-refractivity contribution in [2.45, 2.75) is 18.8 Å². The molecule has 1 saturated carbocycles. The Morgan fingerprint density at radius 2 is 2.23 bits per heavy atom. The number of anilines is 1. The van der Waals surface area contributed by atoms with E-state index in [0.717, 1.165) is 16.8 Å². The van der Waals surface area contributed by atoms with Gasteiger partial charge in [-0.2, -0.15) is 0 Å². The Kier molecular flexibility index (Phi) is 1.20. The number of benzene rings is 1. The monoisotopic (exact) mass is 174 g/mol. The molecule has 3 rings (SSSR count). The van der Waals surface area contributed by atoms with Gasteiger partial charge in [-0.1, -0.05) is 11.2 Å². The van der Waals surface area contributed by atoms with Gasteiger partial charge in [0.05, 0.1) is 5.39 Å². The average molecular weight is 174 g/mol. The summed E-state index contributed by atoms with van der Waals surface area (Å²) < 4.78 is 4.90. The van der Waals surface area contributed by atoms with Crippen LogP contribution in [0.5, 0.6) is 0 Å². The maximum Gasteiger partial charge on any atom is 0.229 e. The number of aromatic nitrogens is 1. The molecule has 0 aliphatic heterocycles. The molecule has 0 amide bonds. The van der Waals surface area contributed by atoms with Crippen molar-refractivity contribution in [2.24, 2.45) is 0 Å². The maximum absolute atomic E-state index is 5.59. The van der Waals surface area contributed by atoms with Crippen LogP contribution in [0.3, 0.4) is 0 Å². The molecule has 0 radical (unpaired) electrons. The fraction of sp³-hybridized carbons (Fsp3) is 0.300. The van der Waals surface area contributed by atoms with Gasteiger partial charge in [-0.25, -0.2) is 0 Å². The second-order valence-corrected chi connectivity index (χ2v) is 3.60. The van der Waals surface area contributed by atoms with Gasteiger partial charge >= 0.3 is 0 Å². The lowest BCUT2D eigenvalue weighted by Crippen LogP contribution is -1.81. The van der Waals surface area contributed by atoms with Crippen LogP contribution in [0.4, 0.5) is 5.88 Å². The molecule has 1 heterocycles. The molecule has 1 fully saturated rings. The van der Waals surface area contributed by atoms with Gasteiger partial charge in [0, 0.05) is 0 Å². The number of nitrogens with zero attached hydrogens (tertiary/aromatic N) is 1. The third-order valence-corrected chi connectivity index (χ3v) is 2.58. The molecule has 3 heteroatoms. The second-order valence-electron chi connectivity index (χ2n) is 3.60. The van der Waals surface area contributed by atoms with Crippen molar-refractivity contribution in [3.8, 4) is 0 Å². The molecule has 0 spiro atoms. The molecule has 0 saturated heterocycles. The van der Waals surface area contributed by atoms with E-state index in [-0.39, 0.29) is 0 Å². The molecule has 66 valence electrons. The standard InChI is InChI=1S/C10H10N2O/c11-10-8-4-3-7(6-1-2-6)5-9(8)12-13-10/h3-6H,1-2,11H2. The van der Waals surface area contributed by atoms with Gasteiger partial charge in [-0.3, -0.25) is 0 Å². The van der Waals surface area contributed by atoms with Gasteiger partial charge in [0.2, 0.25) is 5.88 Å². The van der Waals surface area contributed by atoms with Crippen LogP contribution in [-0.2, 0) is 0 Å². The van der Waals surface area contributed by atoms with Gasteiger partial charge in [0.15, 0.2) is 0 Å². The van der Waals surface area contributed by atoms with Crippen LogP contribution in [0.15, 0.2) is 22.7 Å². The molecular weight excluding hydrogens is 164 g/mol. The lowest BCUT2D eigenvalue weighted by atomic mass is 10.1. The molecule has 0 bridgehead atoms. The summed E-state index contributed by atoms with van der Waals surface area (Å²) in [4.78, 5) is 0. The highest BCUT2D eigenvalue weighted by molar-refractivity contribution is 5.87. The predicted octanol–water partition coefficient (Wildman–Crippen LogP) is 2.29. The van der Waals surface area contributed by atoms with Crippen molar-refractivity contribution in [2.75, 3.05) is 5.73 Å². The first kappa shape index (κ1) is 6.95. The van der Waals surface area contributed by atoms with Crippen molar-refractivity contribution < 1.29 is 4.52 Å². The summed E-state index contributed by atoms with van der Waals surface area (Å²) in [6.07, 6.45) is 2.61. The minimum atomic E-state index is 0.414. The number of nitrogens with two attached hydrogens (primary N) is 1. The highest BCUT2D eigenvalue weighted by Crippen LogP contribution is 2.41. The molecule has 2 aromatic rings. The highest BCUT2D eigenvalue weighted by atomic mass is 16.5. The zero-order valence-corrected chi connectivity index (χ0v) is 7.16. The van der Waals surface area contributed by atoms with Gasteiger partial charge in [0.1, 0.15) is 5.52 Å². The van der Waals surface area contributed by atoms with E-state index in [9.17, 15) is 0 Å². The van der Waals surface area contributed by atoms with Crippen molar-refractivity contribution in [1.82, 2.24) is 5.16 Å². The number of nitrogen functional groups attached to an aromatic ring is 1. The summed E-state index contributed by atoms with van der Waals surface area (Å²) >= 11 is 0. The summed E-state index contributed by atoms with van der Waals surface area (Å²) in [5, 5.41) is 4.81. The highest BCUT2D eigenvalue weighted by Gasteiger charge is 2.23. The third-order valence-electron chi connectivity index (χ3n) is 2.58. The lowest BCUT2D eigenvalue weighted by molar-refractivity contribution is 0.445. The number of rotatable bonds is 1. The first-order chi connectivity index (χ1) is 6.34. The zero-order chi connectivity index (χ0) is 8.84. The number of fused-ring (bicyclic) bond motifs is 1. The topological polar surface area (TPSA) is 52.0 Å². The molecule has 1 aliphatic carbocycles. The first-order valence-corrected chi connectivity index (χ1v) is 4.49. The van der Waals surface area contributed by atoms with Crippen LogP contribution < -0.4 is 5.73 Å². The molecule has 13 heavy (non-hydrogen) atoms. The Labute approximate surface area is 75.5 Å². The fourth-order valence-electron chi connectivity index (χ4n) is 1.65. The molecule has 0 atom stereocenters. The molecule has 1 aliphatic rings. The van der Waals surface area contributed by atoms with Crippen LogP contribution in [0, 0.1) is 0 Å². The van der Waals surface area contributed by atoms with Gasteiger partial charge in [-0.15, -0.1) is 0 Å². The summed E-state index contributed by atoms with van der Waals surface area (Å²) in [7, 11) is 0. The van der Waals surface area contributed by atoms with Crippen LogP contribution >= 0.6 is 0 Å². The minimum absolute atomic E-state index is 0.414. The molecule has 1 aromatic carbocycles. The Morgan fingerprint density at radius 1 is 1.38 bits per heavy atom. The molecule has 0 unspecified atom stereocenters. The second kappa shape index (κ2) is 2.25. The summed E-state index contributed by atoms with van der Waals surface area (Å²) in [5.41, 5.74) is 7.83. The summed E-state index contributed by atoms with van der Waals surface area (Å²) in [6.45, 7) is 0. The molecule has 3 nitrogen and oxygen atoms in total. The van der Waals surface area contributed by atoms with Gasteiger partial charge in [-0.05, 0) is 36.5 Å². The maximum atomic E-state index is 5.59.